The topological polar surface area (TPSA) is 127 Å². The van der Waals surface area contributed by atoms with Gasteiger partial charge in [0.05, 0.1) is 6.61 Å². The molecule has 0 aromatic heterocycles. The Hall–Kier alpha value is -0.570. The molecule has 7 nitrogen and oxygen atoms in total. The standard InChI is InChI=1S/C11H20O7/c1-10(2,3)9(16)11(17)8(15)6(14)7(18-11)5(13)4-12/h5-8,12-15,17H,4H2,1-3H3/t5-,6+,7+,8-,11-/m1/s1. The number of carbonyl (C=O) groups is 1. The van der Waals surface area contributed by atoms with Crippen molar-refractivity contribution in [1.29, 1.82) is 0 Å². The third-order valence-corrected chi connectivity index (χ3v) is 2.95. The highest BCUT2D eigenvalue weighted by molar-refractivity contribution is 5.91. The predicted molar refractivity (Wildman–Crippen MR) is 59.4 cm³/mol. The Morgan fingerprint density at radius 1 is 1.39 bits per heavy atom. The Balaban J connectivity index is 3.02. The van der Waals surface area contributed by atoms with Crippen LogP contribution in [0.25, 0.3) is 0 Å². The van der Waals surface area contributed by atoms with Crippen LogP contribution in [-0.2, 0) is 9.53 Å². The Bertz CT molecular complexity index is 324. The van der Waals surface area contributed by atoms with Crippen LogP contribution in [0, 0.1) is 5.41 Å². The molecule has 0 unspecified atom stereocenters. The van der Waals surface area contributed by atoms with Gasteiger partial charge >= 0.3 is 0 Å². The molecule has 1 rings (SSSR count). The van der Waals surface area contributed by atoms with Crippen LogP contribution < -0.4 is 0 Å². The van der Waals surface area contributed by atoms with Crippen molar-refractivity contribution < 1.29 is 35.1 Å². The van der Waals surface area contributed by atoms with E-state index in [2.05, 4.69) is 0 Å². The minimum atomic E-state index is -2.58. The first kappa shape index (κ1) is 15.5. The first-order valence-corrected chi connectivity index (χ1v) is 5.66. The maximum absolute atomic E-state index is 12.0. The molecule has 0 aliphatic carbocycles. The van der Waals surface area contributed by atoms with E-state index in [0.717, 1.165) is 0 Å². The number of ketones is 1. The fourth-order valence-corrected chi connectivity index (χ4v) is 1.89. The summed E-state index contributed by atoms with van der Waals surface area (Å²) in [7, 11) is 0. The average molecular weight is 264 g/mol. The van der Waals surface area contributed by atoms with Crippen LogP contribution in [0.1, 0.15) is 20.8 Å². The molecule has 1 aliphatic rings. The van der Waals surface area contributed by atoms with Gasteiger partial charge in [-0.3, -0.25) is 4.79 Å². The Labute approximate surface area is 105 Å². The molecule has 106 valence electrons. The summed E-state index contributed by atoms with van der Waals surface area (Å²) in [6, 6.07) is 0. The normalized spacial score (nSPS) is 38.8. The maximum atomic E-state index is 12.0. The molecule has 0 aromatic rings. The highest BCUT2D eigenvalue weighted by atomic mass is 16.7. The summed E-state index contributed by atoms with van der Waals surface area (Å²) in [5.41, 5.74) is -1.01. The molecule has 0 spiro atoms. The minimum absolute atomic E-state index is 0.728. The van der Waals surface area contributed by atoms with Crippen LogP contribution in [0.15, 0.2) is 0 Å². The largest absolute Gasteiger partial charge is 0.394 e. The number of ether oxygens (including phenoxy) is 1. The lowest BCUT2D eigenvalue weighted by atomic mass is 9.83. The SMILES string of the molecule is CC(C)(C)C(=O)[C@]1(O)O[C@@H]([C@H](O)CO)[C@H](O)[C@H]1O. The summed E-state index contributed by atoms with van der Waals surface area (Å²) >= 11 is 0. The number of aliphatic hydroxyl groups is 5. The third kappa shape index (κ3) is 2.42. The summed E-state index contributed by atoms with van der Waals surface area (Å²) in [6.45, 7) is 3.83. The van der Waals surface area contributed by atoms with Crippen molar-refractivity contribution in [3.8, 4) is 0 Å². The van der Waals surface area contributed by atoms with E-state index in [1.54, 1.807) is 0 Å². The first-order chi connectivity index (χ1) is 8.05. The highest BCUT2D eigenvalue weighted by Crippen LogP contribution is 2.36. The maximum Gasteiger partial charge on any atom is 0.257 e. The molecule has 1 saturated heterocycles. The zero-order valence-electron chi connectivity index (χ0n) is 10.6. The smallest absolute Gasteiger partial charge is 0.257 e. The molecular formula is C11H20O7. The molecule has 0 bridgehead atoms. The molecule has 1 fully saturated rings. The van der Waals surface area contributed by atoms with Crippen molar-refractivity contribution in [1.82, 2.24) is 0 Å². The van der Waals surface area contributed by atoms with E-state index in [0.29, 0.717) is 0 Å². The van der Waals surface area contributed by atoms with E-state index in [1.165, 1.54) is 20.8 Å². The lowest BCUT2D eigenvalue weighted by molar-refractivity contribution is -0.235. The third-order valence-electron chi connectivity index (χ3n) is 2.95. The highest BCUT2D eigenvalue weighted by Gasteiger charge is 2.61. The second-order valence-electron chi connectivity index (χ2n) is 5.54. The van der Waals surface area contributed by atoms with E-state index >= 15 is 0 Å². The lowest BCUT2D eigenvalue weighted by Gasteiger charge is -2.31. The van der Waals surface area contributed by atoms with Gasteiger partial charge in [0.1, 0.15) is 24.4 Å². The number of hydrogen-bond acceptors (Lipinski definition) is 7. The number of hydrogen-bond donors (Lipinski definition) is 5. The van der Waals surface area contributed by atoms with E-state index in [1.807, 2.05) is 0 Å². The summed E-state index contributed by atoms with van der Waals surface area (Å²) in [6.07, 6.45) is -6.48. The summed E-state index contributed by atoms with van der Waals surface area (Å²) in [5.74, 6) is -3.40. The Kier molecular flexibility index (Phi) is 4.16. The van der Waals surface area contributed by atoms with Gasteiger partial charge in [0.15, 0.2) is 5.78 Å². The van der Waals surface area contributed by atoms with Crippen molar-refractivity contribution in [2.45, 2.75) is 51.0 Å². The zero-order valence-corrected chi connectivity index (χ0v) is 10.6. The second kappa shape index (κ2) is 4.84. The Morgan fingerprint density at radius 3 is 2.28 bits per heavy atom. The summed E-state index contributed by atoms with van der Waals surface area (Å²) in [4.78, 5) is 12.0. The minimum Gasteiger partial charge on any atom is -0.394 e. The van der Waals surface area contributed by atoms with Crippen LogP contribution in [0.3, 0.4) is 0 Å². The monoisotopic (exact) mass is 264 g/mol. The molecule has 0 aromatic carbocycles. The van der Waals surface area contributed by atoms with Crippen molar-refractivity contribution in [2.24, 2.45) is 5.41 Å². The number of Topliss-reactive ketones (excluding diaryl/α,β-unsaturated/α-hetero) is 1. The lowest BCUT2D eigenvalue weighted by Crippen LogP contribution is -2.54. The van der Waals surface area contributed by atoms with Gasteiger partial charge in [-0.25, -0.2) is 0 Å². The zero-order chi connectivity index (χ0) is 14.3. The van der Waals surface area contributed by atoms with Crippen LogP contribution in [-0.4, -0.2) is 68.1 Å². The quantitative estimate of drug-likeness (QED) is 0.390. The van der Waals surface area contributed by atoms with Gasteiger partial charge in [-0.15, -0.1) is 0 Å². The number of aliphatic hydroxyl groups excluding tert-OH is 4. The van der Waals surface area contributed by atoms with Gasteiger partial charge in [0.2, 0.25) is 0 Å². The average Bonchev–Trinajstić information content (AvgIpc) is 2.52. The van der Waals surface area contributed by atoms with Crippen molar-refractivity contribution >= 4 is 5.78 Å². The van der Waals surface area contributed by atoms with Gasteiger partial charge in [-0.2, -0.15) is 0 Å². The second-order valence-corrected chi connectivity index (χ2v) is 5.54. The van der Waals surface area contributed by atoms with Gasteiger partial charge in [0.25, 0.3) is 5.79 Å². The molecule has 1 aliphatic heterocycles. The molecule has 5 N–H and O–H groups in total. The summed E-state index contributed by atoms with van der Waals surface area (Å²) < 4.78 is 4.91. The van der Waals surface area contributed by atoms with Crippen molar-refractivity contribution in [3.05, 3.63) is 0 Å². The number of rotatable bonds is 3. The number of carbonyl (C=O) groups excluding carboxylic acids is 1. The van der Waals surface area contributed by atoms with Crippen LogP contribution >= 0.6 is 0 Å². The van der Waals surface area contributed by atoms with Gasteiger partial charge < -0.3 is 30.3 Å². The van der Waals surface area contributed by atoms with E-state index in [4.69, 9.17) is 9.84 Å². The predicted octanol–water partition coefficient (Wildman–Crippen LogP) is -2.24. The van der Waals surface area contributed by atoms with Crippen molar-refractivity contribution in [3.63, 3.8) is 0 Å². The van der Waals surface area contributed by atoms with E-state index in [9.17, 15) is 25.2 Å². The molecule has 0 saturated carbocycles. The molecule has 5 atom stereocenters. The van der Waals surface area contributed by atoms with Gasteiger partial charge in [-0.05, 0) is 0 Å². The fourth-order valence-electron chi connectivity index (χ4n) is 1.89. The molecule has 1 heterocycles. The summed E-state index contributed by atoms with van der Waals surface area (Å²) in [5, 5.41) is 47.6. The van der Waals surface area contributed by atoms with E-state index < -0.39 is 48.0 Å². The van der Waals surface area contributed by atoms with Crippen LogP contribution in [0.2, 0.25) is 0 Å². The molecule has 0 radical (unpaired) electrons. The van der Waals surface area contributed by atoms with Gasteiger partial charge in [0, 0.05) is 5.41 Å². The van der Waals surface area contributed by atoms with Crippen molar-refractivity contribution in [2.75, 3.05) is 6.61 Å². The fraction of sp³-hybridized carbons (Fsp3) is 0.909. The van der Waals surface area contributed by atoms with E-state index in [-0.39, 0.29) is 0 Å². The van der Waals surface area contributed by atoms with Crippen LogP contribution in [0.5, 0.6) is 0 Å². The first-order valence-electron chi connectivity index (χ1n) is 5.66. The Morgan fingerprint density at radius 2 is 1.89 bits per heavy atom. The molecular weight excluding hydrogens is 244 g/mol. The van der Waals surface area contributed by atoms with Crippen LogP contribution in [0.4, 0.5) is 0 Å². The molecule has 18 heavy (non-hydrogen) atoms. The molecule has 0 amide bonds. The molecule has 7 heteroatoms. The van der Waals surface area contributed by atoms with Gasteiger partial charge in [-0.1, -0.05) is 20.8 Å².